The Kier molecular flexibility index (Phi) is 5.33. The van der Waals surface area contributed by atoms with E-state index in [1.165, 1.54) is 32.8 Å². The molecule has 2 unspecified atom stereocenters. The Morgan fingerprint density at radius 1 is 1.50 bits per heavy atom. The van der Waals surface area contributed by atoms with E-state index in [0.717, 1.165) is 0 Å². The predicted molar refractivity (Wildman–Crippen MR) is 59.6 cm³/mol. The summed E-state index contributed by atoms with van der Waals surface area (Å²) < 4.78 is 4.60. The number of methoxy groups -OCH3 is 1. The molecule has 0 saturated heterocycles. The Balaban J connectivity index is 2.29. The van der Waals surface area contributed by atoms with Crippen LogP contribution >= 0.6 is 11.8 Å². The maximum Gasteiger partial charge on any atom is 0.319 e. The van der Waals surface area contributed by atoms with Crippen LogP contribution in [0.4, 0.5) is 0 Å². The lowest BCUT2D eigenvalue weighted by Crippen LogP contribution is -2.42. The van der Waals surface area contributed by atoms with E-state index in [2.05, 4.69) is 16.3 Å². The highest BCUT2D eigenvalue weighted by Gasteiger charge is 2.24. The molecular weight excluding hydrogens is 198 g/mol. The minimum Gasteiger partial charge on any atom is -0.468 e. The lowest BCUT2D eigenvalue weighted by atomic mass is 9.95. The summed E-state index contributed by atoms with van der Waals surface area (Å²) in [6.07, 6.45) is 7.18. The van der Waals surface area contributed by atoms with Crippen molar-refractivity contribution in [3.05, 3.63) is 0 Å². The predicted octanol–water partition coefficient (Wildman–Crippen LogP) is 1.42. The number of ether oxygens (including phenoxy) is 1. The summed E-state index contributed by atoms with van der Waals surface area (Å²) in [4.78, 5) is 11.0. The van der Waals surface area contributed by atoms with E-state index in [1.54, 1.807) is 0 Å². The molecule has 2 atom stereocenters. The first-order chi connectivity index (χ1) is 6.77. The number of esters is 1. The smallest absolute Gasteiger partial charge is 0.319 e. The standard InChI is InChI=1S/C10H19NO2S/c1-13-10(12)7-11-8-5-3-4-6-9(8)14-2/h8-9,11H,3-7H2,1-2H3. The highest BCUT2D eigenvalue weighted by atomic mass is 32.2. The molecule has 0 radical (unpaired) electrons. The largest absolute Gasteiger partial charge is 0.468 e. The summed E-state index contributed by atoms with van der Waals surface area (Å²) in [7, 11) is 1.43. The second-order valence-electron chi connectivity index (χ2n) is 3.62. The monoisotopic (exact) mass is 217 g/mol. The summed E-state index contributed by atoms with van der Waals surface area (Å²) in [6.45, 7) is 0.345. The summed E-state index contributed by atoms with van der Waals surface area (Å²) in [6, 6.07) is 0.484. The summed E-state index contributed by atoms with van der Waals surface area (Å²) in [5, 5.41) is 3.94. The van der Waals surface area contributed by atoms with Crippen molar-refractivity contribution in [1.29, 1.82) is 0 Å². The lowest BCUT2D eigenvalue weighted by Gasteiger charge is -2.30. The van der Waals surface area contributed by atoms with Crippen LogP contribution in [-0.4, -0.2) is 37.2 Å². The molecule has 0 heterocycles. The van der Waals surface area contributed by atoms with Gasteiger partial charge in [0.25, 0.3) is 0 Å². The van der Waals surface area contributed by atoms with Crippen LogP contribution in [0, 0.1) is 0 Å². The maximum atomic E-state index is 11.0. The van der Waals surface area contributed by atoms with Crippen LogP contribution in [0.25, 0.3) is 0 Å². The number of carbonyl (C=O) groups is 1. The van der Waals surface area contributed by atoms with Crippen molar-refractivity contribution in [3.63, 3.8) is 0 Å². The van der Waals surface area contributed by atoms with E-state index >= 15 is 0 Å². The highest BCUT2D eigenvalue weighted by Crippen LogP contribution is 2.26. The van der Waals surface area contributed by atoms with Gasteiger partial charge < -0.3 is 10.1 Å². The van der Waals surface area contributed by atoms with Crippen molar-refractivity contribution in [1.82, 2.24) is 5.32 Å². The summed E-state index contributed by atoms with van der Waals surface area (Å²) >= 11 is 1.90. The third kappa shape index (κ3) is 3.50. The van der Waals surface area contributed by atoms with Crippen molar-refractivity contribution in [2.75, 3.05) is 19.9 Å². The molecule has 0 amide bonds. The molecule has 0 aliphatic heterocycles. The maximum absolute atomic E-state index is 11.0. The Morgan fingerprint density at radius 3 is 2.86 bits per heavy atom. The normalized spacial score (nSPS) is 27.3. The van der Waals surface area contributed by atoms with Crippen molar-refractivity contribution in [2.24, 2.45) is 0 Å². The number of nitrogens with one attached hydrogen (secondary N) is 1. The molecule has 14 heavy (non-hydrogen) atoms. The molecule has 4 heteroatoms. The molecule has 3 nitrogen and oxygen atoms in total. The van der Waals surface area contributed by atoms with Gasteiger partial charge in [-0.1, -0.05) is 12.8 Å². The van der Waals surface area contributed by atoms with Crippen LogP contribution in [0.3, 0.4) is 0 Å². The van der Waals surface area contributed by atoms with E-state index in [9.17, 15) is 4.79 Å². The first kappa shape index (κ1) is 11.9. The van der Waals surface area contributed by atoms with Crippen molar-refractivity contribution in [3.8, 4) is 0 Å². The van der Waals surface area contributed by atoms with Crippen LogP contribution < -0.4 is 5.32 Å². The van der Waals surface area contributed by atoms with E-state index < -0.39 is 0 Å². The number of carbonyl (C=O) groups excluding carboxylic acids is 1. The molecule has 1 aliphatic carbocycles. The fourth-order valence-corrected chi connectivity index (χ4v) is 2.86. The zero-order chi connectivity index (χ0) is 10.4. The zero-order valence-corrected chi connectivity index (χ0v) is 9.73. The molecule has 1 fully saturated rings. The second-order valence-corrected chi connectivity index (χ2v) is 4.70. The molecule has 82 valence electrons. The highest BCUT2D eigenvalue weighted by molar-refractivity contribution is 7.99. The Morgan fingerprint density at radius 2 is 2.21 bits per heavy atom. The summed E-state index contributed by atoms with van der Waals surface area (Å²) in [5.74, 6) is -0.171. The molecular formula is C10H19NO2S. The van der Waals surface area contributed by atoms with Gasteiger partial charge in [0.15, 0.2) is 0 Å². The molecule has 0 bridgehead atoms. The SMILES string of the molecule is COC(=O)CNC1CCCCC1SC. The van der Waals surface area contributed by atoms with Crippen LogP contribution in [0.15, 0.2) is 0 Å². The molecule has 1 rings (SSSR count). The quantitative estimate of drug-likeness (QED) is 0.723. The van der Waals surface area contributed by atoms with Gasteiger partial charge in [-0.2, -0.15) is 11.8 Å². The van der Waals surface area contributed by atoms with Gasteiger partial charge in [0, 0.05) is 11.3 Å². The van der Waals surface area contributed by atoms with Gasteiger partial charge >= 0.3 is 5.97 Å². The average Bonchev–Trinajstić information content (AvgIpc) is 2.26. The van der Waals surface area contributed by atoms with Gasteiger partial charge in [0.2, 0.25) is 0 Å². The van der Waals surface area contributed by atoms with Crippen LogP contribution in [0.5, 0.6) is 0 Å². The van der Waals surface area contributed by atoms with Crippen LogP contribution in [0.1, 0.15) is 25.7 Å². The molecule has 0 aromatic rings. The number of hydrogen-bond donors (Lipinski definition) is 1. The average molecular weight is 217 g/mol. The van der Waals surface area contributed by atoms with Gasteiger partial charge in [-0.3, -0.25) is 4.79 Å². The topological polar surface area (TPSA) is 38.3 Å². The third-order valence-electron chi connectivity index (χ3n) is 2.74. The lowest BCUT2D eigenvalue weighted by molar-refractivity contribution is -0.139. The van der Waals surface area contributed by atoms with Gasteiger partial charge in [-0.25, -0.2) is 0 Å². The van der Waals surface area contributed by atoms with Crippen molar-refractivity contribution >= 4 is 17.7 Å². The first-order valence-electron chi connectivity index (χ1n) is 5.11. The molecule has 1 saturated carbocycles. The van der Waals surface area contributed by atoms with Crippen LogP contribution in [-0.2, 0) is 9.53 Å². The van der Waals surface area contributed by atoms with Crippen molar-refractivity contribution in [2.45, 2.75) is 37.0 Å². The van der Waals surface area contributed by atoms with Crippen molar-refractivity contribution < 1.29 is 9.53 Å². The fourth-order valence-electron chi connectivity index (χ4n) is 1.90. The van der Waals surface area contributed by atoms with Gasteiger partial charge in [0.1, 0.15) is 0 Å². The van der Waals surface area contributed by atoms with Crippen LogP contribution in [0.2, 0.25) is 0 Å². The molecule has 0 aromatic carbocycles. The number of rotatable bonds is 4. The molecule has 1 N–H and O–H groups in total. The molecule has 0 spiro atoms. The van der Waals surface area contributed by atoms with Gasteiger partial charge in [-0.05, 0) is 19.1 Å². The number of thioether (sulfide) groups is 1. The number of hydrogen-bond acceptors (Lipinski definition) is 4. The Bertz CT molecular complexity index is 187. The zero-order valence-electron chi connectivity index (χ0n) is 8.91. The summed E-state index contributed by atoms with van der Waals surface area (Å²) in [5.41, 5.74) is 0. The van der Waals surface area contributed by atoms with Gasteiger partial charge in [0.05, 0.1) is 13.7 Å². The third-order valence-corrected chi connectivity index (χ3v) is 3.91. The molecule has 0 aromatic heterocycles. The molecule has 1 aliphatic rings. The van der Waals surface area contributed by atoms with E-state index in [0.29, 0.717) is 17.8 Å². The van der Waals surface area contributed by atoms with E-state index in [1.807, 2.05) is 11.8 Å². The Labute approximate surface area is 90.0 Å². The fraction of sp³-hybridized carbons (Fsp3) is 0.900. The van der Waals surface area contributed by atoms with E-state index in [-0.39, 0.29) is 5.97 Å². The minimum absolute atomic E-state index is 0.171. The Hall–Kier alpha value is -0.220. The second kappa shape index (κ2) is 6.30. The minimum atomic E-state index is -0.171. The van der Waals surface area contributed by atoms with E-state index in [4.69, 9.17) is 0 Å². The first-order valence-corrected chi connectivity index (χ1v) is 6.39. The van der Waals surface area contributed by atoms with Gasteiger partial charge in [-0.15, -0.1) is 0 Å².